The number of amides is 2. The Morgan fingerprint density at radius 2 is 1.95 bits per heavy atom. The number of rotatable bonds is 4. The summed E-state index contributed by atoms with van der Waals surface area (Å²) in [7, 11) is 0. The molecule has 0 aromatic heterocycles. The van der Waals surface area contributed by atoms with Crippen molar-refractivity contribution in [3.05, 3.63) is 0 Å². The molecule has 2 N–H and O–H groups in total. The van der Waals surface area contributed by atoms with Crippen LogP contribution < -0.4 is 5.32 Å². The van der Waals surface area contributed by atoms with Gasteiger partial charge in [-0.15, -0.1) is 0 Å². The Bertz CT molecular complexity index is 349. The van der Waals surface area contributed by atoms with Crippen LogP contribution >= 0.6 is 0 Å². The minimum Gasteiger partial charge on any atom is -0.481 e. The fraction of sp³-hybridized carbons (Fsp3) is 0.857. The molecule has 1 aliphatic heterocycles. The molecule has 2 atom stereocenters. The standard InChI is InChI=1S/C14H24N2O3/c1-9(2)12-7-11(12)8-15-14(19)16-5-3-10(4-6-16)13(17)18/h9-12H,3-8H2,1-2H3,(H,15,19)(H,17,18)/t11-,12-/m0/s1. The van der Waals surface area contributed by atoms with Crippen molar-refractivity contribution in [2.45, 2.75) is 33.1 Å². The van der Waals surface area contributed by atoms with Crippen LogP contribution in [0.25, 0.3) is 0 Å². The molecule has 0 aromatic rings. The Labute approximate surface area is 114 Å². The van der Waals surface area contributed by atoms with Gasteiger partial charge in [0.15, 0.2) is 0 Å². The predicted octanol–water partition coefficient (Wildman–Crippen LogP) is 1.78. The fourth-order valence-corrected chi connectivity index (χ4v) is 2.98. The SMILES string of the molecule is CC(C)[C@@H]1C[C@H]1CNC(=O)N1CCC(C(=O)O)CC1. The molecule has 0 unspecified atom stereocenters. The number of carbonyl (C=O) groups excluding carboxylic acids is 1. The summed E-state index contributed by atoms with van der Waals surface area (Å²) in [6, 6.07) is -0.0294. The van der Waals surface area contributed by atoms with Gasteiger partial charge in [-0.25, -0.2) is 4.79 Å². The molecule has 5 nitrogen and oxygen atoms in total. The molecule has 5 heteroatoms. The maximum atomic E-state index is 12.0. The number of carboxylic acids is 1. The third kappa shape index (κ3) is 3.61. The molecule has 0 aromatic carbocycles. The van der Waals surface area contributed by atoms with Crippen molar-refractivity contribution in [1.82, 2.24) is 10.2 Å². The van der Waals surface area contributed by atoms with E-state index in [1.807, 2.05) is 0 Å². The predicted molar refractivity (Wildman–Crippen MR) is 71.8 cm³/mol. The molecule has 19 heavy (non-hydrogen) atoms. The highest BCUT2D eigenvalue weighted by Crippen LogP contribution is 2.43. The van der Waals surface area contributed by atoms with Crippen molar-refractivity contribution in [1.29, 1.82) is 0 Å². The number of hydrogen-bond donors (Lipinski definition) is 2. The van der Waals surface area contributed by atoms with E-state index < -0.39 is 5.97 Å². The summed E-state index contributed by atoms with van der Waals surface area (Å²) < 4.78 is 0. The van der Waals surface area contributed by atoms with E-state index in [4.69, 9.17) is 5.11 Å². The second kappa shape index (κ2) is 5.80. The summed E-state index contributed by atoms with van der Waals surface area (Å²) in [5, 5.41) is 11.9. The number of urea groups is 1. The van der Waals surface area contributed by atoms with Crippen LogP contribution in [0.1, 0.15) is 33.1 Å². The molecular formula is C14H24N2O3. The molecule has 2 amide bonds. The molecule has 2 fully saturated rings. The zero-order chi connectivity index (χ0) is 14.0. The largest absolute Gasteiger partial charge is 0.481 e. The fourth-order valence-electron chi connectivity index (χ4n) is 2.98. The zero-order valence-electron chi connectivity index (χ0n) is 11.8. The Morgan fingerprint density at radius 1 is 1.32 bits per heavy atom. The Balaban J connectivity index is 1.66. The maximum absolute atomic E-state index is 12.0. The highest BCUT2D eigenvalue weighted by Gasteiger charge is 2.39. The first kappa shape index (κ1) is 14.2. The average molecular weight is 268 g/mol. The van der Waals surface area contributed by atoms with Gasteiger partial charge in [0.05, 0.1) is 5.92 Å². The number of piperidine rings is 1. The van der Waals surface area contributed by atoms with Gasteiger partial charge in [-0.3, -0.25) is 4.79 Å². The minimum atomic E-state index is -0.738. The number of nitrogens with zero attached hydrogens (tertiary/aromatic N) is 1. The Morgan fingerprint density at radius 3 is 2.42 bits per heavy atom. The van der Waals surface area contributed by atoms with Gasteiger partial charge in [0.25, 0.3) is 0 Å². The summed E-state index contributed by atoms with van der Waals surface area (Å²) in [6.07, 6.45) is 2.36. The van der Waals surface area contributed by atoms with E-state index in [0.29, 0.717) is 37.8 Å². The van der Waals surface area contributed by atoms with E-state index in [2.05, 4.69) is 19.2 Å². The summed E-state index contributed by atoms with van der Waals surface area (Å²) in [5.41, 5.74) is 0. The molecule has 108 valence electrons. The molecule has 2 rings (SSSR count). The summed E-state index contributed by atoms with van der Waals surface area (Å²) in [6.45, 7) is 6.33. The second-order valence-electron chi connectivity index (χ2n) is 6.19. The quantitative estimate of drug-likeness (QED) is 0.816. The first-order chi connectivity index (χ1) is 8.99. The van der Waals surface area contributed by atoms with Crippen molar-refractivity contribution >= 4 is 12.0 Å². The minimum absolute atomic E-state index is 0.0294. The van der Waals surface area contributed by atoms with Crippen LogP contribution in [-0.2, 0) is 4.79 Å². The molecule has 0 radical (unpaired) electrons. The highest BCUT2D eigenvalue weighted by atomic mass is 16.4. The molecule has 0 spiro atoms. The van der Waals surface area contributed by atoms with Gasteiger partial charge in [0.1, 0.15) is 0 Å². The monoisotopic (exact) mass is 268 g/mol. The van der Waals surface area contributed by atoms with Crippen LogP contribution in [0.3, 0.4) is 0 Å². The average Bonchev–Trinajstić information content (AvgIpc) is 3.15. The number of aliphatic carboxylic acids is 1. The van der Waals surface area contributed by atoms with Crippen LogP contribution in [0.5, 0.6) is 0 Å². The van der Waals surface area contributed by atoms with Gasteiger partial charge in [-0.2, -0.15) is 0 Å². The number of nitrogens with one attached hydrogen (secondary N) is 1. The smallest absolute Gasteiger partial charge is 0.317 e. The normalized spacial score (nSPS) is 27.4. The van der Waals surface area contributed by atoms with E-state index in [1.54, 1.807) is 4.90 Å². The van der Waals surface area contributed by atoms with Gasteiger partial charge in [-0.1, -0.05) is 13.8 Å². The first-order valence-electron chi connectivity index (χ1n) is 7.24. The lowest BCUT2D eigenvalue weighted by atomic mass is 9.97. The number of carboxylic acid groups (broad SMARTS) is 1. The molecule has 1 heterocycles. The molecule has 1 aliphatic carbocycles. The highest BCUT2D eigenvalue weighted by molar-refractivity contribution is 5.75. The van der Waals surface area contributed by atoms with Gasteiger partial charge in [0.2, 0.25) is 0 Å². The topological polar surface area (TPSA) is 69.6 Å². The van der Waals surface area contributed by atoms with Gasteiger partial charge in [-0.05, 0) is 37.0 Å². The van der Waals surface area contributed by atoms with Crippen LogP contribution in [0.2, 0.25) is 0 Å². The lowest BCUT2D eigenvalue weighted by molar-refractivity contribution is -0.143. The number of hydrogen-bond acceptors (Lipinski definition) is 2. The zero-order valence-corrected chi connectivity index (χ0v) is 11.8. The summed E-state index contributed by atoms with van der Waals surface area (Å²) >= 11 is 0. The molecular weight excluding hydrogens is 244 g/mol. The van der Waals surface area contributed by atoms with Crippen LogP contribution in [0, 0.1) is 23.7 Å². The van der Waals surface area contributed by atoms with E-state index in [1.165, 1.54) is 6.42 Å². The van der Waals surface area contributed by atoms with Gasteiger partial charge >= 0.3 is 12.0 Å². The second-order valence-corrected chi connectivity index (χ2v) is 6.19. The third-order valence-corrected chi connectivity index (χ3v) is 4.48. The van der Waals surface area contributed by atoms with Gasteiger partial charge < -0.3 is 15.3 Å². The molecule has 0 bridgehead atoms. The van der Waals surface area contributed by atoms with Gasteiger partial charge in [0, 0.05) is 19.6 Å². The summed E-state index contributed by atoms with van der Waals surface area (Å²) in [5.74, 6) is 1.09. The molecule has 1 saturated heterocycles. The number of likely N-dealkylation sites (tertiary alicyclic amines) is 1. The van der Waals surface area contributed by atoms with Crippen molar-refractivity contribution in [3.8, 4) is 0 Å². The lowest BCUT2D eigenvalue weighted by Gasteiger charge is -2.30. The van der Waals surface area contributed by atoms with Crippen LogP contribution in [0.15, 0.2) is 0 Å². The van der Waals surface area contributed by atoms with Crippen molar-refractivity contribution in [3.63, 3.8) is 0 Å². The van der Waals surface area contributed by atoms with Crippen molar-refractivity contribution in [2.24, 2.45) is 23.7 Å². The first-order valence-corrected chi connectivity index (χ1v) is 7.24. The maximum Gasteiger partial charge on any atom is 0.317 e. The van der Waals surface area contributed by atoms with Crippen LogP contribution in [0.4, 0.5) is 4.79 Å². The van der Waals surface area contributed by atoms with E-state index in [0.717, 1.165) is 12.5 Å². The van der Waals surface area contributed by atoms with Crippen molar-refractivity contribution < 1.29 is 14.7 Å². The van der Waals surface area contributed by atoms with E-state index in [9.17, 15) is 9.59 Å². The molecule has 2 aliphatic rings. The molecule has 1 saturated carbocycles. The third-order valence-electron chi connectivity index (χ3n) is 4.48. The van der Waals surface area contributed by atoms with E-state index in [-0.39, 0.29) is 11.9 Å². The summed E-state index contributed by atoms with van der Waals surface area (Å²) in [4.78, 5) is 24.5. The van der Waals surface area contributed by atoms with Crippen molar-refractivity contribution in [2.75, 3.05) is 19.6 Å². The Hall–Kier alpha value is -1.26. The van der Waals surface area contributed by atoms with E-state index >= 15 is 0 Å². The lowest BCUT2D eigenvalue weighted by Crippen LogP contribution is -2.46. The Kier molecular flexibility index (Phi) is 4.32. The van der Waals surface area contributed by atoms with Crippen LogP contribution in [-0.4, -0.2) is 41.6 Å². The number of carbonyl (C=O) groups is 2.